The minimum absolute atomic E-state index is 0.541. The lowest BCUT2D eigenvalue weighted by atomic mass is 10.3. The van der Waals surface area contributed by atoms with Crippen molar-refractivity contribution in [2.24, 2.45) is 0 Å². The summed E-state index contributed by atoms with van der Waals surface area (Å²) in [7, 11) is -3.40. The van der Waals surface area contributed by atoms with Gasteiger partial charge in [-0.25, -0.2) is 0 Å². The summed E-state index contributed by atoms with van der Waals surface area (Å²) in [6.45, 7) is 2.91. The maximum atomic E-state index is 10.6. The van der Waals surface area contributed by atoms with Crippen LogP contribution in [0.25, 0.3) is 0 Å². The lowest BCUT2D eigenvalue weighted by molar-refractivity contribution is 0.218. The lowest BCUT2D eigenvalue weighted by Crippen LogP contribution is -2.05. The first kappa shape index (κ1) is 9.71. The van der Waals surface area contributed by atoms with Crippen molar-refractivity contribution in [2.45, 2.75) is 19.4 Å². The largest absolute Gasteiger partial charge is 0.326 e. The second-order valence-electron chi connectivity index (χ2n) is 1.97. The highest BCUT2D eigenvalue weighted by Gasteiger charge is 2.15. The van der Waals surface area contributed by atoms with Gasteiger partial charge in [-0.3, -0.25) is 9.09 Å². The Bertz CT molecular complexity index is 176. The van der Waals surface area contributed by atoms with Crippen LogP contribution in [0.1, 0.15) is 13.3 Å². The van der Waals surface area contributed by atoms with Gasteiger partial charge in [-0.2, -0.15) is 0 Å². The minimum Gasteiger partial charge on any atom is -0.324 e. The Balaban J connectivity index is 3.91. The highest BCUT2D eigenvalue weighted by Crippen LogP contribution is 2.38. The molecule has 10 heavy (non-hydrogen) atoms. The Hall–Kier alpha value is -0.290. The van der Waals surface area contributed by atoms with Gasteiger partial charge in [0.15, 0.2) is 0 Å². The Labute approximate surface area is 60.9 Å². The summed E-state index contributed by atoms with van der Waals surface area (Å²) in [4.78, 5) is 8.69. The molecule has 0 aliphatic carbocycles. The second-order valence-corrected chi connectivity index (χ2v) is 3.79. The van der Waals surface area contributed by atoms with E-state index in [1.807, 2.05) is 0 Å². The van der Waals surface area contributed by atoms with E-state index in [0.717, 1.165) is 6.66 Å². The zero-order valence-electron chi connectivity index (χ0n) is 6.07. The summed E-state index contributed by atoms with van der Waals surface area (Å²) >= 11 is 0. The Kier molecular flexibility index (Phi) is 3.67. The van der Waals surface area contributed by atoms with E-state index in [0.29, 0.717) is 6.42 Å². The van der Waals surface area contributed by atoms with E-state index in [1.54, 1.807) is 6.92 Å². The fourth-order valence-electron chi connectivity index (χ4n) is 0.459. The normalized spacial score (nSPS) is 19.0. The van der Waals surface area contributed by atoms with Gasteiger partial charge in [0, 0.05) is 6.66 Å². The standard InChI is InChI=1S/C6H11O3P/c1-4-6(5-2)9-10(3,7)8/h1,6H,5H2,2-3H3,(H,7,8). The third kappa shape index (κ3) is 4.58. The third-order valence-corrected chi connectivity index (χ3v) is 1.53. The average Bonchev–Trinajstić information content (AvgIpc) is 1.81. The van der Waals surface area contributed by atoms with Crippen molar-refractivity contribution in [1.29, 1.82) is 0 Å². The van der Waals surface area contributed by atoms with Crippen LogP contribution < -0.4 is 0 Å². The van der Waals surface area contributed by atoms with E-state index in [-0.39, 0.29) is 0 Å². The summed E-state index contributed by atoms with van der Waals surface area (Å²) < 4.78 is 15.2. The van der Waals surface area contributed by atoms with Crippen LogP contribution in [0.2, 0.25) is 0 Å². The monoisotopic (exact) mass is 162 g/mol. The molecule has 2 unspecified atom stereocenters. The predicted molar refractivity (Wildman–Crippen MR) is 39.7 cm³/mol. The first-order valence-corrected chi connectivity index (χ1v) is 4.97. The van der Waals surface area contributed by atoms with Crippen LogP contribution in [-0.4, -0.2) is 17.7 Å². The molecule has 0 rings (SSSR count). The van der Waals surface area contributed by atoms with Gasteiger partial charge in [0.05, 0.1) is 0 Å². The molecule has 0 heterocycles. The molecule has 0 aliphatic heterocycles. The van der Waals surface area contributed by atoms with Gasteiger partial charge in [0.1, 0.15) is 6.10 Å². The van der Waals surface area contributed by atoms with Crippen molar-refractivity contribution in [1.82, 2.24) is 0 Å². The average molecular weight is 162 g/mol. The molecule has 0 aromatic carbocycles. The minimum atomic E-state index is -3.40. The van der Waals surface area contributed by atoms with Crippen LogP contribution in [0, 0.1) is 12.3 Å². The van der Waals surface area contributed by atoms with Gasteiger partial charge in [0.2, 0.25) is 0 Å². The number of terminal acetylenes is 1. The molecule has 0 bridgehead atoms. The maximum absolute atomic E-state index is 10.6. The van der Waals surface area contributed by atoms with E-state index in [9.17, 15) is 4.57 Å². The second kappa shape index (κ2) is 3.78. The van der Waals surface area contributed by atoms with Gasteiger partial charge >= 0.3 is 7.60 Å². The first-order valence-electron chi connectivity index (χ1n) is 2.94. The molecule has 4 heteroatoms. The van der Waals surface area contributed by atoms with Crippen molar-refractivity contribution < 1.29 is 14.0 Å². The van der Waals surface area contributed by atoms with Crippen LogP contribution >= 0.6 is 7.60 Å². The van der Waals surface area contributed by atoms with Crippen LogP contribution in [0.5, 0.6) is 0 Å². The Morgan fingerprint density at radius 1 is 1.90 bits per heavy atom. The summed E-state index contributed by atoms with van der Waals surface area (Å²) in [5.41, 5.74) is 0. The van der Waals surface area contributed by atoms with Gasteiger partial charge in [-0.15, -0.1) is 6.42 Å². The molecule has 58 valence electrons. The summed E-state index contributed by atoms with van der Waals surface area (Å²) in [5.74, 6) is 2.25. The van der Waals surface area contributed by atoms with Gasteiger partial charge in [0.25, 0.3) is 0 Å². The first-order chi connectivity index (χ1) is 4.49. The maximum Gasteiger partial charge on any atom is 0.326 e. The van der Waals surface area contributed by atoms with Crippen LogP contribution in [0.15, 0.2) is 0 Å². The number of rotatable bonds is 3. The molecule has 2 atom stereocenters. The van der Waals surface area contributed by atoms with Crippen molar-refractivity contribution in [2.75, 3.05) is 6.66 Å². The van der Waals surface area contributed by atoms with Crippen molar-refractivity contribution in [3.8, 4) is 12.3 Å². The zero-order chi connectivity index (χ0) is 8.20. The molecule has 0 fully saturated rings. The van der Waals surface area contributed by atoms with Crippen LogP contribution in [-0.2, 0) is 9.09 Å². The number of hydrogen-bond donors (Lipinski definition) is 1. The van der Waals surface area contributed by atoms with E-state index in [1.165, 1.54) is 0 Å². The molecule has 0 spiro atoms. The molecule has 0 aromatic heterocycles. The topological polar surface area (TPSA) is 46.5 Å². The van der Waals surface area contributed by atoms with Crippen LogP contribution in [0.3, 0.4) is 0 Å². The van der Waals surface area contributed by atoms with E-state index < -0.39 is 13.7 Å². The molecule has 0 amide bonds. The van der Waals surface area contributed by atoms with Gasteiger partial charge in [-0.1, -0.05) is 12.8 Å². The quantitative estimate of drug-likeness (QED) is 0.501. The third-order valence-electron chi connectivity index (χ3n) is 0.880. The Morgan fingerprint density at radius 3 is 2.50 bits per heavy atom. The summed E-state index contributed by atoms with van der Waals surface area (Å²) in [6, 6.07) is 0. The van der Waals surface area contributed by atoms with Crippen molar-refractivity contribution >= 4 is 7.60 Å². The molecule has 0 aromatic rings. The highest BCUT2D eigenvalue weighted by molar-refractivity contribution is 7.51. The van der Waals surface area contributed by atoms with Gasteiger partial charge < -0.3 is 4.89 Å². The summed E-state index contributed by atoms with van der Waals surface area (Å²) in [5, 5.41) is 0. The van der Waals surface area contributed by atoms with Crippen molar-refractivity contribution in [3.05, 3.63) is 0 Å². The molecule has 0 radical (unpaired) electrons. The van der Waals surface area contributed by atoms with Crippen molar-refractivity contribution in [3.63, 3.8) is 0 Å². The molecule has 0 saturated heterocycles. The molecule has 1 N–H and O–H groups in total. The summed E-state index contributed by atoms with van der Waals surface area (Å²) in [6.07, 6.45) is 4.99. The van der Waals surface area contributed by atoms with E-state index >= 15 is 0 Å². The van der Waals surface area contributed by atoms with Crippen LogP contribution in [0.4, 0.5) is 0 Å². The fourth-order valence-corrected chi connectivity index (χ4v) is 1.14. The molecule has 3 nitrogen and oxygen atoms in total. The van der Waals surface area contributed by atoms with E-state index in [4.69, 9.17) is 11.3 Å². The fraction of sp³-hybridized carbons (Fsp3) is 0.667. The smallest absolute Gasteiger partial charge is 0.324 e. The predicted octanol–water partition coefficient (Wildman–Crippen LogP) is 1.23. The zero-order valence-corrected chi connectivity index (χ0v) is 6.97. The number of hydrogen-bond acceptors (Lipinski definition) is 2. The molecular formula is C6H11O3P. The molecular weight excluding hydrogens is 151 g/mol. The highest BCUT2D eigenvalue weighted by atomic mass is 31.2. The van der Waals surface area contributed by atoms with E-state index in [2.05, 4.69) is 10.4 Å². The molecule has 0 aliphatic rings. The molecule has 0 saturated carbocycles. The lowest BCUT2D eigenvalue weighted by Gasteiger charge is -2.11. The van der Waals surface area contributed by atoms with Gasteiger partial charge in [-0.05, 0) is 6.42 Å². The Morgan fingerprint density at radius 2 is 2.40 bits per heavy atom. The SMILES string of the molecule is C#CC(CC)OP(C)(=O)O.